The van der Waals surface area contributed by atoms with Gasteiger partial charge in [-0.1, -0.05) is 34.1 Å². The molecule has 0 aliphatic heterocycles. The summed E-state index contributed by atoms with van der Waals surface area (Å²) in [4.78, 5) is 4.65. The predicted octanol–water partition coefficient (Wildman–Crippen LogP) is 1.05. The largest absolute Gasteiger partial charge is 1.00 e. The summed E-state index contributed by atoms with van der Waals surface area (Å²) in [6.07, 6.45) is 8.34. The number of hydrogen-bond donors (Lipinski definition) is 2. The molecule has 0 aromatic heterocycles. The first kappa shape index (κ1) is 29.3. The van der Waals surface area contributed by atoms with Gasteiger partial charge in [-0.25, -0.2) is 13.3 Å². The van der Waals surface area contributed by atoms with Crippen LogP contribution in [0.5, 0.6) is 0 Å². The first-order chi connectivity index (χ1) is 15.4. The van der Waals surface area contributed by atoms with Crippen molar-refractivity contribution in [3.8, 4) is 0 Å². The molecule has 4 aliphatic carbocycles. The molecule has 0 bridgehead atoms. The SMILES string of the molecule is CC[C@H]1[C@@H](O)C2C3CC[C@H]([C@H](C)CCOOS(=O)(=O)[O-])[C@@]3(C)CCC2[C@@]2(C)CC[C@@H](O)C[C@@H]12.[Na+]. The second kappa shape index (κ2) is 10.9. The fourth-order valence-corrected chi connectivity index (χ4v) is 9.65. The Labute approximate surface area is 227 Å². The molecule has 0 heterocycles. The Morgan fingerprint density at radius 1 is 1.03 bits per heavy atom. The molecule has 0 aromatic carbocycles. The van der Waals surface area contributed by atoms with Gasteiger partial charge in [0.05, 0.1) is 18.8 Å². The van der Waals surface area contributed by atoms with E-state index in [1.807, 2.05) is 0 Å². The molecule has 4 fully saturated rings. The van der Waals surface area contributed by atoms with E-state index in [-0.39, 0.29) is 65.1 Å². The van der Waals surface area contributed by atoms with E-state index in [2.05, 4.69) is 36.9 Å². The average molecular weight is 511 g/mol. The van der Waals surface area contributed by atoms with Crippen molar-refractivity contribution in [2.45, 2.75) is 97.7 Å². The molecule has 11 atom stereocenters. The Hall–Kier alpha value is 0.750. The van der Waals surface area contributed by atoms with Crippen molar-refractivity contribution in [3.05, 3.63) is 0 Å². The van der Waals surface area contributed by atoms with Gasteiger partial charge in [0.2, 0.25) is 10.4 Å². The molecular weight excluding hydrogens is 467 g/mol. The van der Waals surface area contributed by atoms with E-state index in [9.17, 15) is 23.2 Å². The van der Waals surface area contributed by atoms with E-state index >= 15 is 0 Å². The molecule has 34 heavy (non-hydrogen) atoms. The van der Waals surface area contributed by atoms with Crippen molar-refractivity contribution >= 4 is 10.4 Å². The van der Waals surface area contributed by atoms with Crippen molar-refractivity contribution in [3.63, 3.8) is 0 Å². The summed E-state index contributed by atoms with van der Waals surface area (Å²) >= 11 is 0. The number of aliphatic hydroxyl groups excluding tert-OH is 2. The smallest absolute Gasteiger partial charge is 0.724 e. The molecule has 0 spiro atoms. The van der Waals surface area contributed by atoms with Gasteiger partial charge in [-0.2, -0.15) is 0 Å². The molecule has 2 N–H and O–H groups in total. The molecule has 0 radical (unpaired) electrons. The molecule has 3 unspecified atom stereocenters. The molecule has 9 heteroatoms. The van der Waals surface area contributed by atoms with Gasteiger partial charge in [0.15, 0.2) is 0 Å². The molecule has 4 aliphatic rings. The first-order valence-electron chi connectivity index (χ1n) is 13.1. The number of hydrogen-bond acceptors (Lipinski definition) is 7. The van der Waals surface area contributed by atoms with Crippen LogP contribution in [-0.2, 0) is 19.6 Å². The van der Waals surface area contributed by atoms with Crippen LogP contribution in [0.4, 0.5) is 0 Å². The van der Waals surface area contributed by atoms with E-state index in [0.717, 1.165) is 51.4 Å². The number of fused-ring (bicyclic) bond motifs is 5. The predicted molar refractivity (Wildman–Crippen MR) is 122 cm³/mol. The van der Waals surface area contributed by atoms with E-state index in [1.54, 1.807) is 0 Å². The standard InChI is InChI=1S/C25H44O7S.Na/c1-5-17-21-14-16(26)8-11-25(21,4)20-9-12-24(3)18(6-7-19(24)22(20)23(17)27)15(2)10-13-31-32-33(28,29)30;/h15-23,26-27H,5-14H2,1-4H3,(H,28,29,30);/q;+1/p-1/t15-,16-,17-,18-,19?,20?,21+,22?,23-,24-,25-;/m1./s1. The maximum Gasteiger partial charge on any atom is 1.00 e. The number of rotatable bonds is 7. The van der Waals surface area contributed by atoms with Gasteiger partial charge in [0, 0.05) is 0 Å². The molecule has 0 aromatic rings. The van der Waals surface area contributed by atoms with Gasteiger partial charge in [-0.3, -0.25) is 0 Å². The Morgan fingerprint density at radius 2 is 1.68 bits per heavy atom. The van der Waals surface area contributed by atoms with Crippen LogP contribution in [0, 0.1) is 52.3 Å². The Bertz CT molecular complexity index is 809. The van der Waals surface area contributed by atoms with E-state index < -0.39 is 10.4 Å². The minimum atomic E-state index is -4.83. The fourth-order valence-electron chi connectivity index (χ4n) is 9.46. The van der Waals surface area contributed by atoms with Crippen LogP contribution in [0.2, 0.25) is 0 Å². The van der Waals surface area contributed by atoms with Crippen molar-refractivity contribution in [1.82, 2.24) is 0 Å². The first-order valence-corrected chi connectivity index (χ1v) is 14.4. The minimum Gasteiger partial charge on any atom is -0.724 e. The summed E-state index contributed by atoms with van der Waals surface area (Å²) < 4.78 is 35.7. The fraction of sp³-hybridized carbons (Fsp3) is 1.00. The molecule has 4 saturated carbocycles. The van der Waals surface area contributed by atoms with E-state index in [1.165, 1.54) is 0 Å². The van der Waals surface area contributed by atoms with Gasteiger partial charge in [-0.05, 0) is 104 Å². The minimum absolute atomic E-state index is 0. The summed E-state index contributed by atoms with van der Waals surface area (Å²) in [5, 5.41) is 22.2. The van der Waals surface area contributed by atoms with Crippen LogP contribution in [-0.4, -0.2) is 42.0 Å². The second-order valence-electron chi connectivity index (χ2n) is 12.2. The van der Waals surface area contributed by atoms with Crippen molar-refractivity contribution < 1.29 is 62.0 Å². The summed E-state index contributed by atoms with van der Waals surface area (Å²) in [6, 6.07) is 0. The van der Waals surface area contributed by atoms with Crippen molar-refractivity contribution in [2.75, 3.05) is 6.61 Å². The van der Waals surface area contributed by atoms with Gasteiger partial charge in [0.1, 0.15) is 0 Å². The average Bonchev–Trinajstić information content (AvgIpc) is 3.09. The zero-order valence-electron chi connectivity index (χ0n) is 21.6. The van der Waals surface area contributed by atoms with Crippen LogP contribution in [0.25, 0.3) is 0 Å². The molecule has 192 valence electrons. The maximum absolute atomic E-state index is 11.7. The molecule has 0 amide bonds. The summed E-state index contributed by atoms with van der Waals surface area (Å²) in [5.41, 5.74) is 0.340. The topological polar surface area (TPSA) is 116 Å². The van der Waals surface area contributed by atoms with Crippen LogP contribution in [0.15, 0.2) is 0 Å². The monoisotopic (exact) mass is 510 g/mol. The third kappa shape index (κ3) is 5.19. The summed E-state index contributed by atoms with van der Waals surface area (Å²) in [7, 11) is -4.83. The van der Waals surface area contributed by atoms with E-state index in [4.69, 9.17) is 0 Å². The Kier molecular flexibility index (Phi) is 9.36. The third-order valence-corrected chi connectivity index (χ3v) is 11.2. The van der Waals surface area contributed by atoms with E-state index in [0.29, 0.717) is 41.9 Å². The van der Waals surface area contributed by atoms with Gasteiger partial charge >= 0.3 is 29.6 Å². The maximum atomic E-state index is 11.7. The number of aliphatic hydroxyl groups is 2. The van der Waals surface area contributed by atoms with Crippen molar-refractivity contribution in [1.29, 1.82) is 0 Å². The summed E-state index contributed by atoms with van der Waals surface area (Å²) in [5.74, 6) is 2.75. The third-order valence-electron chi connectivity index (χ3n) is 10.9. The summed E-state index contributed by atoms with van der Waals surface area (Å²) in [6.45, 7) is 9.32. The molecule has 0 saturated heterocycles. The Morgan fingerprint density at radius 3 is 2.32 bits per heavy atom. The normalized spacial score (nSPS) is 47.1. The van der Waals surface area contributed by atoms with Gasteiger partial charge in [0.25, 0.3) is 0 Å². The zero-order chi connectivity index (χ0) is 24.2. The van der Waals surface area contributed by atoms with Gasteiger partial charge in [-0.15, -0.1) is 4.33 Å². The molecule has 7 nitrogen and oxygen atoms in total. The quantitative estimate of drug-likeness (QED) is 0.131. The van der Waals surface area contributed by atoms with Gasteiger partial charge < -0.3 is 14.8 Å². The molecular formula is C25H43NaO7S. The second-order valence-corrected chi connectivity index (χ2v) is 13.1. The van der Waals surface area contributed by atoms with Crippen LogP contribution in [0.3, 0.4) is 0 Å². The Balaban J connectivity index is 0.00000324. The van der Waals surface area contributed by atoms with Crippen molar-refractivity contribution in [2.24, 2.45) is 52.3 Å². The molecule has 4 rings (SSSR count). The van der Waals surface area contributed by atoms with Crippen LogP contribution >= 0.6 is 0 Å². The zero-order valence-corrected chi connectivity index (χ0v) is 24.4. The van der Waals surface area contributed by atoms with Crippen LogP contribution in [0.1, 0.15) is 85.5 Å². The van der Waals surface area contributed by atoms with Crippen LogP contribution < -0.4 is 29.6 Å².